The third-order valence-electron chi connectivity index (χ3n) is 2.49. The molecule has 1 rings (SSSR count). The summed E-state index contributed by atoms with van der Waals surface area (Å²) >= 11 is 0. The van der Waals surface area contributed by atoms with Gasteiger partial charge in [0, 0.05) is 12.3 Å². The first kappa shape index (κ1) is 16.7. The van der Waals surface area contributed by atoms with E-state index in [-0.39, 0.29) is 4.90 Å². The molecule has 0 heterocycles. The third-order valence-corrected chi connectivity index (χ3v) is 3.63. The topological polar surface area (TPSA) is 52.6 Å². The predicted molar refractivity (Wildman–Crippen MR) is 71.1 cm³/mol. The molecule has 1 aromatic rings. The van der Waals surface area contributed by atoms with Gasteiger partial charge >= 0.3 is 6.61 Å². The fourth-order valence-corrected chi connectivity index (χ4v) is 2.27. The maximum atomic E-state index is 12.3. The first-order valence-corrected chi connectivity index (χ1v) is 8.01. The van der Waals surface area contributed by atoms with Crippen molar-refractivity contribution >= 4 is 9.84 Å². The summed E-state index contributed by atoms with van der Waals surface area (Å²) in [7, 11) is -3.64. The molecule has 0 unspecified atom stereocenters. The molecule has 0 aromatic heterocycles. The molecular weight excluding hydrogens is 290 g/mol. The van der Waals surface area contributed by atoms with Crippen molar-refractivity contribution in [2.24, 2.45) is 5.92 Å². The Morgan fingerprint density at radius 2 is 1.90 bits per heavy atom. The lowest BCUT2D eigenvalue weighted by Crippen LogP contribution is -2.08. The number of ether oxygens (including phenoxy) is 2. The second-order valence-electron chi connectivity index (χ2n) is 4.79. The molecule has 0 N–H and O–H groups in total. The molecule has 7 heteroatoms. The molecule has 114 valence electrons. The van der Waals surface area contributed by atoms with Gasteiger partial charge in [-0.2, -0.15) is 8.78 Å². The Kier molecular flexibility index (Phi) is 5.74. The Hall–Kier alpha value is -1.37. The largest absolute Gasteiger partial charge is 0.493 e. The lowest BCUT2D eigenvalue weighted by Gasteiger charge is -2.13. The van der Waals surface area contributed by atoms with Crippen LogP contribution in [0.5, 0.6) is 11.5 Å². The van der Waals surface area contributed by atoms with E-state index in [4.69, 9.17) is 4.74 Å². The van der Waals surface area contributed by atoms with Crippen LogP contribution in [0.15, 0.2) is 23.1 Å². The van der Waals surface area contributed by atoms with Gasteiger partial charge < -0.3 is 9.47 Å². The van der Waals surface area contributed by atoms with E-state index in [2.05, 4.69) is 4.74 Å². The van der Waals surface area contributed by atoms with Gasteiger partial charge in [0.1, 0.15) is 16.4 Å². The van der Waals surface area contributed by atoms with Crippen LogP contribution in [0.1, 0.15) is 20.3 Å². The number of alkyl halides is 2. The molecule has 0 fully saturated rings. The summed E-state index contributed by atoms with van der Waals surface area (Å²) in [6, 6.07) is 3.80. The molecule has 20 heavy (non-hydrogen) atoms. The highest BCUT2D eigenvalue weighted by atomic mass is 32.2. The van der Waals surface area contributed by atoms with Crippen molar-refractivity contribution in [1.82, 2.24) is 0 Å². The molecular formula is C13H18F2O4S. The SMILES string of the molecule is CC(C)CCOc1ccc(S(C)(=O)=O)c(OC(F)F)c1. The van der Waals surface area contributed by atoms with Crippen LogP contribution in [0.4, 0.5) is 8.78 Å². The molecule has 0 atom stereocenters. The average molecular weight is 308 g/mol. The van der Waals surface area contributed by atoms with E-state index in [0.717, 1.165) is 12.7 Å². The second kappa shape index (κ2) is 6.88. The van der Waals surface area contributed by atoms with E-state index in [1.165, 1.54) is 18.2 Å². The fourth-order valence-electron chi connectivity index (χ4n) is 1.49. The van der Waals surface area contributed by atoms with Gasteiger partial charge in [-0.3, -0.25) is 0 Å². The Morgan fingerprint density at radius 1 is 1.25 bits per heavy atom. The third kappa shape index (κ3) is 5.32. The van der Waals surface area contributed by atoms with Crippen LogP contribution >= 0.6 is 0 Å². The van der Waals surface area contributed by atoms with Gasteiger partial charge in [-0.1, -0.05) is 13.8 Å². The van der Waals surface area contributed by atoms with E-state index in [1.54, 1.807) is 0 Å². The van der Waals surface area contributed by atoms with Crippen LogP contribution in [0.25, 0.3) is 0 Å². The summed E-state index contributed by atoms with van der Waals surface area (Å²) in [6.07, 6.45) is 1.73. The van der Waals surface area contributed by atoms with Crippen LogP contribution in [-0.2, 0) is 9.84 Å². The maximum absolute atomic E-state index is 12.3. The first-order chi connectivity index (χ1) is 9.20. The first-order valence-electron chi connectivity index (χ1n) is 6.12. The van der Waals surface area contributed by atoms with Gasteiger partial charge in [0.15, 0.2) is 9.84 Å². The molecule has 0 saturated carbocycles. The monoisotopic (exact) mass is 308 g/mol. The van der Waals surface area contributed by atoms with Crippen molar-refractivity contribution in [1.29, 1.82) is 0 Å². The minimum Gasteiger partial charge on any atom is -0.493 e. The summed E-state index contributed by atoms with van der Waals surface area (Å²) in [4.78, 5) is -0.283. The lowest BCUT2D eigenvalue weighted by atomic mass is 10.1. The molecule has 0 saturated heterocycles. The van der Waals surface area contributed by atoms with Crippen molar-refractivity contribution < 1.29 is 26.7 Å². The zero-order valence-electron chi connectivity index (χ0n) is 11.6. The molecule has 0 aliphatic rings. The highest BCUT2D eigenvalue weighted by molar-refractivity contribution is 7.90. The molecule has 0 radical (unpaired) electrons. The zero-order chi connectivity index (χ0) is 15.3. The standard InChI is InChI=1S/C13H18F2O4S/c1-9(2)6-7-18-10-4-5-12(20(3,16)17)11(8-10)19-13(14)15/h4-5,8-9,13H,6-7H2,1-3H3. The Morgan fingerprint density at radius 3 is 2.40 bits per heavy atom. The smallest absolute Gasteiger partial charge is 0.387 e. The van der Waals surface area contributed by atoms with Crippen molar-refractivity contribution in [3.8, 4) is 11.5 Å². The van der Waals surface area contributed by atoms with Gasteiger partial charge in [-0.05, 0) is 24.5 Å². The lowest BCUT2D eigenvalue weighted by molar-refractivity contribution is -0.0518. The van der Waals surface area contributed by atoms with Gasteiger partial charge in [-0.15, -0.1) is 0 Å². The van der Waals surface area contributed by atoms with Gasteiger partial charge in [0.2, 0.25) is 0 Å². The van der Waals surface area contributed by atoms with Gasteiger partial charge in [0.25, 0.3) is 0 Å². The van der Waals surface area contributed by atoms with Crippen LogP contribution < -0.4 is 9.47 Å². The van der Waals surface area contributed by atoms with Crippen molar-refractivity contribution in [3.05, 3.63) is 18.2 Å². The minimum absolute atomic E-state index is 0.283. The van der Waals surface area contributed by atoms with Crippen LogP contribution in [-0.4, -0.2) is 27.9 Å². The molecule has 4 nitrogen and oxygen atoms in total. The van der Waals surface area contributed by atoms with E-state index in [1.807, 2.05) is 13.8 Å². The van der Waals surface area contributed by atoms with E-state index in [0.29, 0.717) is 18.3 Å². The number of hydrogen-bond donors (Lipinski definition) is 0. The molecule has 0 amide bonds. The molecule has 0 aliphatic heterocycles. The quantitative estimate of drug-likeness (QED) is 0.776. The van der Waals surface area contributed by atoms with E-state index >= 15 is 0 Å². The number of halogens is 2. The predicted octanol–water partition coefficient (Wildman–Crippen LogP) is 3.12. The molecule has 0 aliphatic carbocycles. The van der Waals surface area contributed by atoms with E-state index < -0.39 is 22.2 Å². The fraction of sp³-hybridized carbons (Fsp3) is 0.538. The number of sulfone groups is 1. The highest BCUT2D eigenvalue weighted by Gasteiger charge is 2.18. The maximum Gasteiger partial charge on any atom is 0.387 e. The summed E-state index contributed by atoms with van der Waals surface area (Å²) in [6.45, 7) is 1.38. The molecule has 1 aromatic carbocycles. The molecule has 0 spiro atoms. The Balaban J connectivity index is 2.96. The number of hydrogen-bond acceptors (Lipinski definition) is 4. The minimum atomic E-state index is -3.64. The normalized spacial score (nSPS) is 11.9. The number of rotatable bonds is 7. The second-order valence-corrected chi connectivity index (χ2v) is 6.77. The average Bonchev–Trinajstić information content (AvgIpc) is 2.26. The van der Waals surface area contributed by atoms with Crippen molar-refractivity contribution in [3.63, 3.8) is 0 Å². The van der Waals surface area contributed by atoms with Gasteiger partial charge in [-0.25, -0.2) is 8.42 Å². The Labute approximate surface area is 117 Å². The van der Waals surface area contributed by atoms with E-state index in [9.17, 15) is 17.2 Å². The summed E-state index contributed by atoms with van der Waals surface area (Å²) in [5.41, 5.74) is 0. The van der Waals surface area contributed by atoms with Crippen LogP contribution in [0.2, 0.25) is 0 Å². The van der Waals surface area contributed by atoms with Crippen LogP contribution in [0, 0.1) is 5.92 Å². The summed E-state index contributed by atoms with van der Waals surface area (Å²) in [5.74, 6) is 0.348. The summed E-state index contributed by atoms with van der Waals surface area (Å²) in [5, 5.41) is 0. The zero-order valence-corrected chi connectivity index (χ0v) is 12.4. The van der Waals surface area contributed by atoms with Crippen molar-refractivity contribution in [2.75, 3.05) is 12.9 Å². The summed E-state index contributed by atoms with van der Waals surface area (Å²) < 4.78 is 57.2. The van der Waals surface area contributed by atoms with Gasteiger partial charge in [0.05, 0.1) is 6.61 Å². The van der Waals surface area contributed by atoms with Crippen molar-refractivity contribution in [2.45, 2.75) is 31.8 Å². The molecule has 0 bridgehead atoms. The Bertz CT molecular complexity index is 541. The van der Waals surface area contributed by atoms with Crippen LogP contribution in [0.3, 0.4) is 0 Å². The highest BCUT2D eigenvalue weighted by Crippen LogP contribution is 2.30. The number of benzene rings is 1.